The maximum absolute atomic E-state index is 13.2. The van der Waals surface area contributed by atoms with Crippen molar-refractivity contribution in [3.8, 4) is 0 Å². The van der Waals surface area contributed by atoms with Crippen LogP contribution in [0.15, 0.2) is 24.5 Å². The van der Waals surface area contributed by atoms with Crippen LogP contribution in [-0.4, -0.2) is 68.9 Å². The number of benzene rings is 1. The highest BCUT2D eigenvalue weighted by Gasteiger charge is 2.36. The van der Waals surface area contributed by atoms with E-state index in [9.17, 15) is 14.7 Å². The Hall–Kier alpha value is -2.94. The zero-order chi connectivity index (χ0) is 21.1. The number of nitrogens with one attached hydrogen (secondary N) is 2. The molecule has 9 heteroatoms. The smallest absolute Gasteiger partial charge is 0.255 e. The molecular weight excluding hydrogens is 384 g/mol. The lowest BCUT2D eigenvalue weighted by Crippen LogP contribution is -2.52. The molecule has 1 fully saturated rings. The summed E-state index contributed by atoms with van der Waals surface area (Å²) in [6.07, 6.45) is 3.66. The van der Waals surface area contributed by atoms with Crippen LogP contribution in [-0.2, 0) is 24.7 Å². The highest BCUT2D eigenvalue weighted by Crippen LogP contribution is 2.28. The summed E-state index contributed by atoms with van der Waals surface area (Å²) in [7, 11) is 1.80. The summed E-state index contributed by atoms with van der Waals surface area (Å²) in [6, 6.07) is 5.79. The number of aliphatic hydroxyl groups excluding tert-OH is 1. The summed E-state index contributed by atoms with van der Waals surface area (Å²) < 4.78 is 1.66. The zero-order valence-electron chi connectivity index (χ0n) is 17.2. The fraction of sp³-hybridized carbons (Fsp3) is 0.524. The molecular formula is C21H28N6O3. The molecule has 160 valence electrons. The lowest BCUT2D eigenvalue weighted by atomic mass is 9.92. The molecule has 1 aromatic carbocycles. The first-order valence-corrected chi connectivity index (χ1v) is 10.5. The summed E-state index contributed by atoms with van der Waals surface area (Å²) in [5.74, 6) is -0.201. The van der Waals surface area contributed by atoms with Crippen molar-refractivity contribution >= 4 is 17.5 Å². The Morgan fingerprint density at radius 1 is 1.37 bits per heavy atom. The highest BCUT2D eigenvalue weighted by atomic mass is 16.3. The van der Waals surface area contributed by atoms with Crippen molar-refractivity contribution in [1.29, 1.82) is 0 Å². The second kappa shape index (κ2) is 8.83. The molecule has 0 spiro atoms. The van der Waals surface area contributed by atoms with Gasteiger partial charge in [-0.25, -0.2) is 4.98 Å². The quantitative estimate of drug-likeness (QED) is 0.654. The van der Waals surface area contributed by atoms with E-state index < -0.39 is 12.0 Å². The monoisotopic (exact) mass is 412 g/mol. The maximum atomic E-state index is 13.2. The van der Waals surface area contributed by atoms with E-state index in [0.717, 1.165) is 36.5 Å². The SMILES string of the molecule is Cn1ncnc1CCNC(=O)[C@H]1CN(C(=O)c2cccc3c2NCCC3)CC[C@H]1O. The maximum Gasteiger partial charge on any atom is 0.255 e. The summed E-state index contributed by atoms with van der Waals surface area (Å²) in [6.45, 7) is 1.90. The van der Waals surface area contributed by atoms with Crippen LogP contribution in [0.4, 0.5) is 5.69 Å². The molecule has 0 bridgehead atoms. The van der Waals surface area contributed by atoms with Crippen molar-refractivity contribution in [3.63, 3.8) is 0 Å². The number of aromatic nitrogens is 3. The third kappa shape index (κ3) is 4.16. The third-order valence-corrected chi connectivity index (χ3v) is 5.96. The number of fused-ring (bicyclic) bond motifs is 1. The number of carbonyl (C=O) groups is 2. The lowest BCUT2D eigenvalue weighted by Gasteiger charge is -2.36. The molecule has 9 nitrogen and oxygen atoms in total. The van der Waals surface area contributed by atoms with Gasteiger partial charge in [-0.1, -0.05) is 12.1 Å². The van der Waals surface area contributed by atoms with Gasteiger partial charge in [-0.2, -0.15) is 5.10 Å². The molecule has 3 heterocycles. The van der Waals surface area contributed by atoms with Crippen LogP contribution >= 0.6 is 0 Å². The molecule has 0 aliphatic carbocycles. The lowest BCUT2D eigenvalue weighted by molar-refractivity contribution is -0.130. The Kier molecular flexibility index (Phi) is 5.98. The van der Waals surface area contributed by atoms with Gasteiger partial charge in [-0.3, -0.25) is 14.3 Å². The number of rotatable bonds is 5. The van der Waals surface area contributed by atoms with Gasteiger partial charge in [0.05, 0.1) is 23.3 Å². The van der Waals surface area contributed by atoms with E-state index in [1.54, 1.807) is 16.6 Å². The van der Waals surface area contributed by atoms with E-state index in [0.29, 0.717) is 31.5 Å². The molecule has 1 saturated heterocycles. The van der Waals surface area contributed by atoms with Crippen LogP contribution in [0.25, 0.3) is 0 Å². The summed E-state index contributed by atoms with van der Waals surface area (Å²) in [5, 5.41) is 20.6. The Bertz CT molecular complexity index is 927. The second-order valence-corrected chi connectivity index (χ2v) is 7.92. The van der Waals surface area contributed by atoms with Gasteiger partial charge >= 0.3 is 0 Å². The average Bonchev–Trinajstić information content (AvgIpc) is 3.17. The molecule has 2 aliphatic heterocycles. The summed E-state index contributed by atoms with van der Waals surface area (Å²) in [5.41, 5.74) is 2.71. The standard InChI is InChI=1S/C21H28N6O3/c1-26-18(24-13-25-26)7-10-23-20(29)16-12-27(11-8-17(16)28)21(30)15-6-2-4-14-5-3-9-22-19(14)15/h2,4,6,13,16-17,22,28H,3,5,7-12H2,1H3,(H,23,29)/t16-,17+/m0/s1. The Labute approximate surface area is 175 Å². The molecule has 2 aromatic rings. The van der Waals surface area contributed by atoms with Crippen molar-refractivity contribution in [2.24, 2.45) is 13.0 Å². The highest BCUT2D eigenvalue weighted by molar-refractivity contribution is 6.00. The number of carbonyl (C=O) groups excluding carboxylic acids is 2. The molecule has 0 saturated carbocycles. The van der Waals surface area contributed by atoms with Gasteiger partial charge in [-0.15, -0.1) is 0 Å². The summed E-state index contributed by atoms with van der Waals surface area (Å²) in [4.78, 5) is 31.7. The molecule has 1 aromatic heterocycles. The van der Waals surface area contributed by atoms with Crippen LogP contribution in [0, 0.1) is 5.92 Å². The largest absolute Gasteiger partial charge is 0.392 e. The first-order valence-electron chi connectivity index (χ1n) is 10.5. The van der Waals surface area contributed by atoms with Crippen molar-refractivity contribution < 1.29 is 14.7 Å². The van der Waals surface area contributed by atoms with E-state index in [1.165, 1.54) is 6.33 Å². The van der Waals surface area contributed by atoms with E-state index in [4.69, 9.17) is 0 Å². The number of amides is 2. The first-order chi connectivity index (χ1) is 14.5. The predicted molar refractivity (Wildman–Crippen MR) is 111 cm³/mol. The number of para-hydroxylation sites is 1. The molecule has 3 N–H and O–H groups in total. The average molecular weight is 412 g/mol. The number of aliphatic hydroxyl groups is 1. The number of hydrogen-bond acceptors (Lipinski definition) is 6. The van der Waals surface area contributed by atoms with Gasteiger partial charge in [-0.05, 0) is 30.9 Å². The van der Waals surface area contributed by atoms with Crippen LogP contribution in [0.5, 0.6) is 0 Å². The minimum atomic E-state index is -0.758. The van der Waals surface area contributed by atoms with Crippen LogP contribution in [0.1, 0.15) is 34.6 Å². The fourth-order valence-electron chi connectivity index (χ4n) is 4.21. The summed E-state index contributed by atoms with van der Waals surface area (Å²) >= 11 is 0. The zero-order valence-corrected chi connectivity index (χ0v) is 17.2. The number of anilines is 1. The predicted octanol–water partition coefficient (Wildman–Crippen LogP) is 0.355. The van der Waals surface area contributed by atoms with Crippen molar-refractivity contribution in [2.45, 2.75) is 31.8 Å². The van der Waals surface area contributed by atoms with E-state index in [2.05, 4.69) is 20.7 Å². The van der Waals surface area contributed by atoms with Gasteiger partial charge in [0.2, 0.25) is 5.91 Å². The molecule has 2 atom stereocenters. The van der Waals surface area contributed by atoms with Gasteiger partial charge in [0.25, 0.3) is 5.91 Å². The molecule has 2 amide bonds. The van der Waals surface area contributed by atoms with E-state index >= 15 is 0 Å². The molecule has 30 heavy (non-hydrogen) atoms. The number of nitrogens with zero attached hydrogens (tertiary/aromatic N) is 4. The number of aryl methyl sites for hydroxylation is 2. The first kappa shape index (κ1) is 20.3. The Morgan fingerprint density at radius 3 is 3.03 bits per heavy atom. The van der Waals surface area contributed by atoms with Crippen molar-refractivity contribution in [3.05, 3.63) is 41.5 Å². The molecule has 2 aliphatic rings. The number of piperidine rings is 1. The van der Waals surface area contributed by atoms with Crippen LogP contribution in [0.3, 0.4) is 0 Å². The second-order valence-electron chi connectivity index (χ2n) is 7.92. The van der Waals surface area contributed by atoms with Crippen molar-refractivity contribution in [2.75, 3.05) is 31.5 Å². The minimum Gasteiger partial charge on any atom is -0.392 e. The topological polar surface area (TPSA) is 112 Å². The minimum absolute atomic E-state index is 0.0926. The molecule has 0 unspecified atom stereocenters. The van der Waals surface area contributed by atoms with Crippen LogP contribution in [0.2, 0.25) is 0 Å². The fourth-order valence-corrected chi connectivity index (χ4v) is 4.21. The van der Waals surface area contributed by atoms with Gasteiger partial charge in [0.15, 0.2) is 0 Å². The van der Waals surface area contributed by atoms with Gasteiger partial charge < -0.3 is 20.6 Å². The van der Waals surface area contributed by atoms with Crippen LogP contribution < -0.4 is 10.6 Å². The Balaban J connectivity index is 1.40. The molecule has 4 rings (SSSR count). The van der Waals surface area contributed by atoms with Gasteiger partial charge in [0, 0.05) is 39.6 Å². The molecule has 0 radical (unpaired) electrons. The third-order valence-electron chi connectivity index (χ3n) is 5.96. The van der Waals surface area contributed by atoms with Gasteiger partial charge in [0.1, 0.15) is 12.2 Å². The number of hydrogen-bond donors (Lipinski definition) is 3. The number of likely N-dealkylation sites (tertiary alicyclic amines) is 1. The van der Waals surface area contributed by atoms with Crippen molar-refractivity contribution in [1.82, 2.24) is 25.0 Å². The van der Waals surface area contributed by atoms with E-state index in [-0.39, 0.29) is 18.4 Å². The normalized spacial score (nSPS) is 20.9. The Morgan fingerprint density at radius 2 is 2.23 bits per heavy atom. The van der Waals surface area contributed by atoms with E-state index in [1.807, 2.05) is 18.2 Å².